The summed E-state index contributed by atoms with van der Waals surface area (Å²) in [4.78, 5) is 11.9. The van der Waals surface area contributed by atoms with Crippen LogP contribution < -0.4 is 0 Å². The molecule has 0 spiro atoms. The Labute approximate surface area is 167 Å². The molecule has 1 heterocycles. The molecule has 3 rings (SSSR count). The maximum Gasteiger partial charge on any atom is 0.156 e. The summed E-state index contributed by atoms with van der Waals surface area (Å²) >= 11 is 5.02. The van der Waals surface area contributed by atoms with Gasteiger partial charge in [-0.25, -0.2) is 9.98 Å². The Kier molecular flexibility index (Phi) is 6.72. The minimum absolute atomic E-state index is 0.936. The van der Waals surface area contributed by atoms with Gasteiger partial charge >= 0.3 is 0 Å². The van der Waals surface area contributed by atoms with E-state index in [1.165, 1.54) is 15.3 Å². The van der Waals surface area contributed by atoms with E-state index < -0.39 is 0 Å². The summed E-state index contributed by atoms with van der Waals surface area (Å²) in [6.07, 6.45) is 2.06. The number of benzene rings is 2. The highest BCUT2D eigenvalue weighted by atomic mass is 32.2. The largest absolute Gasteiger partial charge is 0.242 e. The van der Waals surface area contributed by atoms with Crippen LogP contribution in [0.3, 0.4) is 0 Å². The summed E-state index contributed by atoms with van der Waals surface area (Å²) < 4.78 is 1.03. The minimum atomic E-state index is 0.936. The number of aliphatic imine (C=N–C) groups is 1. The van der Waals surface area contributed by atoms with Gasteiger partial charge in [-0.1, -0.05) is 47.7 Å². The molecule has 0 aliphatic rings. The van der Waals surface area contributed by atoms with Gasteiger partial charge in [0.2, 0.25) is 0 Å². The van der Waals surface area contributed by atoms with Crippen LogP contribution >= 0.6 is 34.9 Å². The van der Waals surface area contributed by atoms with Crippen LogP contribution in [0.2, 0.25) is 0 Å². The van der Waals surface area contributed by atoms with Crippen molar-refractivity contribution in [3.8, 4) is 0 Å². The molecule has 2 nitrogen and oxygen atoms in total. The van der Waals surface area contributed by atoms with E-state index in [0.717, 1.165) is 20.8 Å². The molecule has 0 fully saturated rings. The number of aromatic nitrogens is 1. The molecular weight excluding hydrogens is 376 g/mol. The Hall–Kier alpha value is -1.82. The predicted molar refractivity (Wildman–Crippen MR) is 117 cm³/mol. The van der Waals surface area contributed by atoms with Gasteiger partial charge in [0.15, 0.2) is 4.34 Å². The Balaban J connectivity index is 1.81. The number of thiazole rings is 1. The lowest BCUT2D eigenvalue weighted by Crippen LogP contribution is -1.86. The van der Waals surface area contributed by atoms with Crippen LogP contribution in [0.4, 0.5) is 5.69 Å². The smallest absolute Gasteiger partial charge is 0.156 e. The molecule has 0 atom stereocenters. The first-order valence-corrected chi connectivity index (χ1v) is 10.8. The standard InChI is InChI=1S/C21H20N2S3/c1-15-9-11-18(12-10-15)23-20(26-21-22-16(2)17(3)25-21)13-14-24-19-7-5-4-6-8-19/h4-14H,1-3H3. The predicted octanol–water partition coefficient (Wildman–Crippen LogP) is 7.20. The molecule has 5 heteroatoms. The van der Waals surface area contributed by atoms with Gasteiger partial charge in [-0.05, 0) is 68.3 Å². The van der Waals surface area contributed by atoms with E-state index in [-0.39, 0.29) is 0 Å². The van der Waals surface area contributed by atoms with Gasteiger partial charge in [-0.2, -0.15) is 0 Å². The van der Waals surface area contributed by atoms with Crippen LogP contribution in [0.1, 0.15) is 16.1 Å². The molecule has 26 heavy (non-hydrogen) atoms. The van der Waals surface area contributed by atoms with Crippen LogP contribution in [0.25, 0.3) is 0 Å². The number of hydrogen-bond donors (Lipinski definition) is 0. The van der Waals surface area contributed by atoms with Crippen molar-refractivity contribution in [3.63, 3.8) is 0 Å². The average molecular weight is 397 g/mol. The lowest BCUT2D eigenvalue weighted by molar-refractivity contribution is 1.15. The highest BCUT2D eigenvalue weighted by molar-refractivity contribution is 8.15. The molecule has 0 saturated heterocycles. The van der Waals surface area contributed by atoms with Crippen molar-refractivity contribution in [1.29, 1.82) is 0 Å². The van der Waals surface area contributed by atoms with Crippen molar-refractivity contribution < 1.29 is 0 Å². The summed E-state index contributed by atoms with van der Waals surface area (Å²) in [6.45, 7) is 6.24. The Bertz CT molecular complexity index is 891. The molecule has 0 aliphatic carbocycles. The van der Waals surface area contributed by atoms with E-state index in [4.69, 9.17) is 4.99 Å². The quantitative estimate of drug-likeness (QED) is 0.259. The van der Waals surface area contributed by atoms with Crippen molar-refractivity contribution >= 4 is 45.6 Å². The third-order valence-electron chi connectivity index (χ3n) is 3.63. The van der Waals surface area contributed by atoms with Gasteiger partial charge in [0, 0.05) is 9.77 Å². The zero-order chi connectivity index (χ0) is 18.4. The zero-order valence-corrected chi connectivity index (χ0v) is 17.4. The van der Waals surface area contributed by atoms with Crippen LogP contribution in [-0.4, -0.2) is 10.0 Å². The summed E-state index contributed by atoms with van der Waals surface area (Å²) in [5.41, 5.74) is 3.28. The first-order valence-electron chi connectivity index (χ1n) is 8.25. The van der Waals surface area contributed by atoms with Crippen molar-refractivity contribution in [1.82, 2.24) is 4.98 Å². The maximum atomic E-state index is 4.81. The third kappa shape index (κ3) is 5.59. The zero-order valence-electron chi connectivity index (χ0n) is 15.0. The second-order valence-corrected chi connectivity index (χ2v) is 9.19. The summed E-state index contributed by atoms with van der Waals surface area (Å²) in [6, 6.07) is 18.6. The van der Waals surface area contributed by atoms with E-state index in [1.807, 2.05) is 37.3 Å². The van der Waals surface area contributed by atoms with Gasteiger partial charge in [0.25, 0.3) is 0 Å². The van der Waals surface area contributed by atoms with Gasteiger partial charge in [0.1, 0.15) is 5.04 Å². The molecule has 0 N–H and O–H groups in total. The SMILES string of the molecule is Cc1ccc(N=C(C=CSc2ccccc2)Sc2nc(C)c(C)s2)cc1. The summed E-state index contributed by atoms with van der Waals surface area (Å²) in [7, 11) is 0. The molecule has 2 aromatic carbocycles. The molecule has 132 valence electrons. The van der Waals surface area contributed by atoms with E-state index >= 15 is 0 Å². The number of rotatable bonds is 5. The number of hydrogen-bond acceptors (Lipinski definition) is 5. The average Bonchev–Trinajstić information content (AvgIpc) is 2.95. The first kappa shape index (κ1) is 19.0. The topological polar surface area (TPSA) is 25.2 Å². The Morgan fingerprint density at radius 1 is 1.00 bits per heavy atom. The molecule has 3 aromatic rings. The normalized spacial score (nSPS) is 12.0. The molecule has 0 unspecified atom stereocenters. The van der Waals surface area contributed by atoms with E-state index in [2.05, 4.69) is 54.6 Å². The van der Waals surface area contributed by atoms with E-state index in [9.17, 15) is 0 Å². The molecular formula is C21H20N2S3. The number of nitrogens with zero attached hydrogens (tertiary/aromatic N) is 2. The van der Waals surface area contributed by atoms with Crippen molar-refractivity contribution in [2.45, 2.75) is 30.0 Å². The highest BCUT2D eigenvalue weighted by Crippen LogP contribution is 2.30. The van der Waals surface area contributed by atoms with Crippen LogP contribution in [0.5, 0.6) is 0 Å². The van der Waals surface area contributed by atoms with Crippen LogP contribution in [0, 0.1) is 20.8 Å². The van der Waals surface area contributed by atoms with Crippen molar-refractivity contribution in [2.75, 3.05) is 0 Å². The molecule has 1 aromatic heterocycles. The molecule has 0 radical (unpaired) electrons. The molecule has 0 saturated carbocycles. The number of thioether (sulfide) groups is 2. The second-order valence-electron chi connectivity index (χ2n) is 5.74. The fourth-order valence-electron chi connectivity index (χ4n) is 2.09. The molecule has 0 bridgehead atoms. The maximum absolute atomic E-state index is 4.81. The summed E-state index contributed by atoms with van der Waals surface area (Å²) in [5.74, 6) is 0. The van der Waals surface area contributed by atoms with Crippen molar-refractivity contribution in [3.05, 3.63) is 82.2 Å². The lowest BCUT2D eigenvalue weighted by atomic mass is 10.2. The Morgan fingerprint density at radius 2 is 1.73 bits per heavy atom. The van der Waals surface area contributed by atoms with Gasteiger partial charge in [-0.3, -0.25) is 0 Å². The number of aryl methyl sites for hydroxylation is 3. The van der Waals surface area contributed by atoms with Crippen LogP contribution in [0.15, 0.2) is 80.3 Å². The van der Waals surface area contributed by atoms with E-state index in [1.54, 1.807) is 34.9 Å². The minimum Gasteiger partial charge on any atom is -0.242 e. The highest BCUT2D eigenvalue weighted by Gasteiger charge is 2.07. The second kappa shape index (κ2) is 9.21. The van der Waals surface area contributed by atoms with E-state index in [0.29, 0.717) is 0 Å². The van der Waals surface area contributed by atoms with Crippen molar-refractivity contribution in [2.24, 2.45) is 4.99 Å². The summed E-state index contributed by atoms with van der Waals surface area (Å²) in [5, 5.41) is 3.02. The van der Waals surface area contributed by atoms with Gasteiger partial charge in [0.05, 0.1) is 11.4 Å². The lowest BCUT2D eigenvalue weighted by Gasteiger charge is -2.01. The van der Waals surface area contributed by atoms with Gasteiger partial charge < -0.3 is 0 Å². The monoisotopic (exact) mass is 396 g/mol. The Morgan fingerprint density at radius 3 is 2.38 bits per heavy atom. The van der Waals surface area contributed by atoms with Crippen LogP contribution in [-0.2, 0) is 0 Å². The molecule has 0 amide bonds. The fraction of sp³-hybridized carbons (Fsp3) is 0.143. The first-order chi connectivity index (χ1) is 12.6. The molecule has 0 aliphatic heterocycles. The van der Waals surface area contributed by atoms with Gasteiger partial charge in [-0.15, -0.1) is 11.3 Å². The fourth-order valence-corrected chi connectivity index (χ4v) is 4.93. The third-order valence-corrected chi connectivity index (χ3v) is 6.52.